The van der Waals surface area contributed by atoms with Gasteiger partial charge in [-0.05, 0) is 25.1 Å². The largest absolute Gasteiger partial charge is 0.493 e. The number of aromatic nitrogens is 2. The number of hydrogen-bond donors (Lipinski definition) is 6. The Morgan fingerprint density at radius 1 is 1.34 bits per heavy atom. The number of aromatic amines is 2. The number of benzene rings is 1. The number of fused-ring (bicyclic) bond motifs is 1. The summed E-state index contributed by atoms with van der Waals surface area (Å²) >= 11 is 0. The fraction of sp³-hybridized carbons (Fsp3) is 0.111. The summed E-state index contributed by atoms with van der Waals surface area (Å²) in [4.78, 5) is 28.9. The number of aryl methyl sites for hydroxylation is 1. The first kappa shape index (κ1) is 19.8. The average molecular weight is 400 g/mol. The summed E-state index contributed by atoms with van der Waals surface area (Å²) in [5, 5.41) is 29.6. The number of rotatable bonds is 5. The molecule has 0 aliphatic heterocycles. The van der Waals surface area contributed by atoms with E-state index in [1.54, 1.807) is 6.92 Å². The molecule has 2 heterocycles. The second-order valence-corrected chi connectivity index (χ2v) is 6.09. The number of azo groups is 1. The zero-order chi connectivity index (χ0) is 21.1. The van der Waals surface area contributed by atoms with Gasteiger partial charge in [-0.15, -0.1) is 5.11 Å². The van der Waals surface area contributed by atoms with E-state index in [1.165, 1.54) is 29.9 Å². The average Bonchev–Trinajstić information content (AvgIpc) is 3.15. The predicted octanol–water partition coefficient (Wildman–Crippen LogP) is 0.817. The Labute approximate surface area is 162 Å². The quantitative estimate of drug-likeness (QED) is 0.213. The Kier molecular flexibility index (Phi) is 5.41. The monoisotopic (exact) mass is 400 g/mol. The van der Waals surface area contributed by atoms with Gasteiger partial charge in [0.2, 0.25) is 5.88 Å². The lowest BCUT2D eigenvalue weighted by molar-refractivity contribution is -0.128. The molecule has 0 aliphatic carbocycles. The number of H-pyrrole nitrogens is 2. The van der Waals surface area contributed by atoms with Gasteiger partial charge in [0.25, 0.3) is 11.8 Å². The number of nitrogens with one attached hydrogen (secondary N) is 4. The van der Waals surface area contributed by atoms with Crippen molar-refractivity contribution in [3.63, 3.8) is 0 Å². The maximum absolute atomic E-state index is 13.5. The maximum Gasteiger partial charge on any atom is 0.262 e. The van der Waals surface area contributed by atoms with Crippen LogP contribution in [0.4, 0.5) is 10.1 Å². The van der Waals surface area contributed by atoms with Crippen LogP contribution in [0.25, 0.3) is 23.7 Å². The van der Waals surface area contributed by atoms with Crippen molar-refractivity contribution >= 4 is 41.2 Å². The lowest BCUT2D eigenvalue weighted by Crippen LogP contribution is -2.38. The van der Waals surface area contributed by atoms with Gasteiger partial charge in [-0.2, -0.15) is 5.11 Å². The molecule has 3 rings (SSSR count). The van der Waals surface area contributed by atoms with E-state index in [2.05, 4.69) is 32.1 Å². The number of hydrogen-bond acceptors (Lipinski definition) is 6. The Bertz CT molecular complexity index is 1240. The van der Waals surface area contributed by atoms with Crippen LogP contribution in [0, 0.1) is 12.7 Å². The first-order valence-electron chi connectivity index (χ1n) is 8.31. The van der Waals surface area contributed by atoms with Crippen molar-refractivity contribution in [1.29, 1.82) is 0 Å². The lowest BCUT2D eigenvalue weighted by Gasteiger charge is -2.03. The smallest absolute Gasteiger partial charge is 0.262 e. The van der Waals surface area contributed by atoms with Gasteiger partial charge in [-0.1, -0.05) is 6.58 Å². The van der Waals surface area contributed by atoms with Gasteiger partial charge in [0.1, 0.15) is 5.82 Å². The molecule has 1 aromatic carbocycles. The molecule has 10 nitrogen and oxygen atoms in total. The fourth-order valence-electron chi connectivity index (χ4n) is 2.79. The molecule has 0 unspecified atom stereocenters. The number of hydroxylamine groups is 1. The molecule has 0 spiro atoms. The highest BCUT2D eigenvalue weighted by atomic mass is 19.1. The third-order valence-electron chi connectivity index (χ3n) is 4.14. The summed E-state index contributed by atoms with van der Waals surface area (Å²) in [7, 11) is 0. The number of halogens is 1. The normalized spacial score (nSPS) is 12.0. The van der Waals surface area contributed by atoms with Gasteiger partial charge in [-0.3, -0.25) is 14.8 Å². The molecule has 2 amide bonds. The molecular formula is C18H17FN6O4. The van der Waals surface area contributed by atoms with Crippen LogP contribution < -0.4 is 21.4 Å². The topological polar surface area (TPSA) is 155 Å². The molecule has 0 bridgehead atoms. The van der Waals surface area contributed by atoms with Crippen LogP contribution in [0.2, 0.25) is 0 Å². The Morgan fingerprint density at radius 3 is 2.83 bits per heavy atom. The van der Waals surface area contributed by atoms with E-state index in [-0.39, 0.29) is 17.1 Å². The first-order chi connectivity index (χ1) is 13.8. The highest BCUT2D eigenvalue weighted by Crippen LogP contribution is 2.35. The molecule has 2 aromatic heterocycles. The molecule has 0 fully saturated rings. The zero-order valence-electron chi connectivity index (χ0n) is 15.2. The SMILES string of the molecule is C=c1c(C(=O)NCC(=O)NO)c(C)[nH]c1=CN=Nc1c(O)[nH]c2ccc(F)cc12. The summed E-state index contributed by atoms with van der Waals surface area (Å²) in [5.41, 5.74) is 2.67. The van der Waals surface area contributed by atoms with E-state index in [0.717, 1.165) is 0 Å². The number of carbonyl (C=O) groups is 2. The summed E-state index contributed by atoms with van der Waals surface area (Å²) in [6.07, 6.45) is 1.30. The fourth-order valence-corrected chi connectivity index (χ4v) is 2.79. The third kappa shape index (κ3) is 3.99. The molecule has 0 aliphatic rings. The van der Waals surface area contributed by atoms with Crippen molar-refractivity contribution in [2.24, 2.45) is 10.2 Å². The summed E-state index contributed by atoms with van der Waals surface area (Å²) in [5.74, 6) is -2.08. The predicted molar refractivity (Wildman–Crippen MR) is 101 cm³/mol. The van der Waals surface area contributed by atoms with Crippen LogP contribution in [0.5, 0.6) is 5.88 Å². The zero-order valence-corrected chi connectivity index (χ0v) is 15.2. The minimum atomic E-state index is -0.771. The van der Waals surface area contributed by atoms with Gasteiger partial charge < -0.3 is 20.4 Å². The number of nitrogens with zero attached hydrogens (tertiary/aromatic N) is 2. The Morgan fingerprint density at radius 2 is 2.10 bits per heavy atom. The van der Waals surface area contributed by atoms with E-state index >= 15 is 0 Å². The summed E-state index contributed by atoms with van der Waals surface area (Å²) in [6.45, 7) is 5.05. The maximum atomic E-state index is 13.5. The van der Waals surface area contributed by atoms with Gasteiger partial charge >= 0.3 is 0 Å². The second kappa shape index (κ2) is 7.94. The van der Waals surface area contributed by atoms with Crippen molar-refractivity contribution in [1.82, 2.24) is 20.8 Å². The third-order valence-corrected chi connectivity index (χ3v) is 4.14. The molecule has 11 heteroatoms. The van der Waals surface area contributed by atoms with E-state index in [4.69, 9.17) is 5.21 Å². The molecule has 3 aromatic rings. The van der Waals surface area contributed by atoms with Crippen molar-refractivity contribution < 1.29 is 24.3 Å². The van der Waals surface area contributed by atoms with Crippen LogP contribution >= 0.6 is 0 Å². The highest BCUT2D eigenvalue weighted by Gasteiger charge is 2.14. The number of amides is 2. The molecule has 0 radical (unpaired) electrons. The molecular weight excluding hydrogens is 383 g/mol. The van der Waals surface area contributed by atoms with Crippen molar-refractivity contribution in [3.8, 4) is 5.88 Å². The number of aromatic hydroxyl groups is 1. The second-order valence-electron chi connectivity index (χ2n) is 6.09. The number of carbonyl (C=O) groups excluding carboxylic acids is 2. The van der Waals surface area contributed by atoms with Crippen LogP contribution in [0.3, 0.4) is 0 Å². The van der Waals surface area contributed by atoms with Crippen molar-refractivity contribution in [2.45, 2.75) is 6.92 Å². The van der Waals surface area contributed by atoms with Crippen LogP contribution in [0.1, 0.15) is 16.1 Å². The summed E-state index contributed by atoms with van der Waals surface area (Å²) in [6, 6.07) is 3.94. The minimum absolute atomic E-state index is 0.0672. The lowest BCUT2D eigenvalue weighted by atomic mass is 10.2. The van der Waals surface area contributed by atoms with Crippen LogP contribution in [-0.4, -0.2) is 38.6 Å². The van der Waals surface area contributed by atoms with Gasteiger partial charge in [0, 0.05) is 16.3 Å². The highest BCUT2D eigenvalue weighted by molar-refractivity contribution is 5.97. The minimum Gasteiger partial charge on any atom is -0.493 e. The van der Waals surface area contributed by atoms with Gasteiger partial charge in [-0.25, -0.2) is 9.87 Å². The van der Waals surface area contributed by atoms with Crippen molar-refractivity contribution in [2.75, 3.05) is 6.54 Å². The molecule has 0 saturated heterocycles. The van der Waals surface area contributed by atoms with Gasteiger partial charge in [0.15, 0.2) is 5.69 Å². The first-order valence-corrected chi connectivity index (χ1v) is 8.31. The van der Waals surface area contributed by atoms with E-state index in [9.17, 15) is 19.1 Å². The Balaban J connectivity index is 1.90. The summed E-state index contributed by atoms with van der Waals surface area (Å²) < 4.78 is 13.5. The molecule has 6 N–H and O–H groups in total. The molecule has 29 heavy (non-hydrogen) atoms. The van der Waals surface area contributed by atoms with Gasteiger partial charge in [0.05, 0.1) is 29.2 Å². The van der Waals surface area contributed by atoms with Crippen LogP contribution in [-0.2, 0) is 4.79 Å². The van der Waals surface area contributed by atoms with E-state index < -0.39 is 24.2 Å². The van der Waals surface area contributed by atoms with E-state index in [0.29, 0.717) is 27.2 Å². The van der Waals surface area contributed by atoms with Crippen molar-refractivity contribution in [3.05, 3.63) is 45.8 Å². The Hall–Kier alpha value is -3.99. The molecule has 150 valence electrons. The van der Waals surface area contributed by atoms with Crippen LogP contribution in [0.15, 0.2) is 28.4 Å². The standard InChI is InChI=1S/C18H17FN6O4/c1-8-13(22-9(2)15(8)17(27)20-7-14(26)25-29)6-21-24-16-11-5-10(19)3-4-12(11)23-18(16)28/h3-6,22-23,28-29H,1,7H2,2H3,(H,20,27)(H,25,26). The molecule has 0 atom stereocenters. The molecule has 0 saturated carbocycles. The van der Waals surface area contributed by atoms with E-state index in [1.807, 2.05) is 0 Å².